The van der Waals surface area contributed by atoms with Crippen LogP contribution >= 0.6 is 0 Å². The van der Waals surface area contributed by atoms with E-state index in [1.165, 1.54) is 30.3 Å². The van der Waals surface area contributed by atoms with Gasteiger partial charge in [0.25, 0.3) is 10.0 Å². The third-order valence-electron chi connectivity index (χ3n) is 2.97. The minimum Gasteiger partial charge on any atom is -0.463 e. The molecule has 24 heavy (non-hydrogen) atoms. The molecule has 10 nitrogen and oxygen atoms in total. The molecule has 0 atom stereocenters. The van der Waals surface area contributed by atoms with Gasteiger partial charge in [-0.3, -0.25) is 4.72 Å². The molecule has 0 radical (unpaired) electrons. The number of furan rings is 1. The first-order chi connectivity index (χ1) is 11.5. The first-order valence-electron chi connectivity index (χ1n) is 6.54. The first-order valence-corrected chi connectivity index (χ1v) is 8.02. The SMILES string of the molecule is COC(=O)c1ccc(S(=O)(=O)Nc2ccc(-n3cnnn3)cc2)o1. The number of nitrogens with one attached hydrogen (secondary N) is 1. The zero-order chi connectivity index (χ0) is 17.2. The van der Waals surface area contributed by atoms with Crippen molar-refractivity contribution in [2.45, 2.75) is 5.09 Å². The third-order valence-corrected chi connectivity index (χ3v) is 4.22. The van der Waals surface area contributed by atoms with Gasteiger partial charge in [0, 0.05) is 5.69 Å². The lowest BCUT2D eigenvalue weighted by molar-refractivity contribution is 0.0559. The van der Waals surface area contributed by atoms with E-state index in [4.69, 9.17) is 4.42 Å². The second-order valence-corrected chi connectivity index (χ2v) is 6.13. The van der Waals surface area contributed by atoms with Gasteiger partial charge in [0.05, 0.1) is 12.8 Å². The van der Waals surface area contributed by atoms with Crippen molar-refractivity contribution in [1.82, 2.24) is 20.2 Å². The number of aromatic nitrogens is 4. The Morgan fingerprint density at radius 3 is 2.58 bits per heavy atom. The van der Waals surface area contributed by atoms with Crippen LogP contribution in [0, 0.1) is 0 Å². The van der Waals surface area contributed by atoms with Crippen LogP contribution in [-0.2, 0) is 14.8 Å². The largest absolute Gasteiger partial charge is 0.463 e. The smallest absolute Gasteiger partial charge is 0.374 e. The van der Waals surface area contributed by atoms with Crippen LogP contribution in [0.4, 0.5) is 5.69 Å². The summed E-state index contributed by atoms with van der Waals surface area (Å²) >= 11 is 0. The van der Waals surface area contributed by atoms with Gasteiger partial charge >= 0.3 is 5.97 Å². The summed E-state index contributed by atoms with van der Waals surface area (Å²) in [7, 11) is -2.80. The van der Waals surface area contributed by atoms with Crippen LogP contribution in [0.5, 0.6) is 0 Å². The number of carbonyl (C=O) groups excluding carboxylic acids is 1. The minimum atomic E-state index is -3.97. The fraction of sp³-hybridized carbons (Fsp3) is 0.0769. The van der Waals surface area contributed by atoms with Crippen molar-refractivity contribution in [3.8, 4) is 5.69 Å². The van der Waals surface area contributed by atoms with E-state index in [0.717, 1.165) is 0 Å². The molecule has 2 aromatic heterocycles. The molecule has 0 spiro atoms. The molecule has 0 aliphatic rings. The van der Waals surface area contributed by atoms with E-state index in [0.29, 0.717) is 11.4 Å². The Balaban J connectivity index is 1.79. The van der Waals surface area contributed by atoms with E-state index in [9.17, 15) is 13.2 Å². The zero-order valence-electron chi connectivity index (χ0n) is 12.3. The lowest BCUT2D eigenvalue weighted by Gasteiger charge is -2.06. The van der Waals surface area contributed by atoms with E-state index < -0.39 is 21.1 Å². The van der Waals surface area contributed by atoms with Gasteiger partial charge in [-0.05, 0) is 46.8 Å². The van der Waals surface area contributed by atoms with Crippen molar-refractivity contribution in [2.75, 3.05) is 11.8 Å². The lowest BCUT2D eigenvalue weighted by Crippen LogP contribution is -2.12. The molecule has 1 N–H and O–H groups in total. The van der Waals surface area contributed by atoms with E-state index in [1.54, 1.807) is 24.3 Å². The zero-order valence-corrected chi connectivity index (χ0v) is 13.1. The monoisotopic (exact) mass is 349 g/mol. The molecule has 0 saturated heterocycles. The average molecular weight is 349 g/mol. The van der Waals surface area contributed by atoms with Crippen molar-refractivity contribution >= 4 is 21.7 Å². The Morgan fingerprint density at radius 1 is 1.21 bits per heavy atom. The fourth-order valence-electron chi connectivity index (χ4n) is 1.84. The fourth-order valence-corrected chi connectivity index (χ4v) is 2.84. The molecule has 11 heteroatoms. The van der Waals surface area contributed by atoms with Crippen LogP contribution in [0.1, 0.15) is 10.6 Å². The second kappa shape index (κ2) is 6.12. The van der Waals surface area contributed by atoms with E-state index in [2.05, 4.69) is 25.0 Å². The van der Waals surface area contributed by atoms with Crippen molar-refractivity contribution in [1.29, 1.82) is 0 Å². The normalized spacial score (nSPS) is 11.2. The second-order valence-electron chi connectivity index (χ2n) is 4.52. The van der Waals surface area contributed by atoms with Crippen LogP contribution in [0.3, 0.4) is 0 Å². The highest BCUT2D eigenvalue weighted by Crippen LogP contribution is 2.20. The number of ether oxygens (including phenoxy) is 1. The number of anilines is 1. The molecule has 124 valence electrons. The van der Waals surface area contributed by atoms with Gasteiger partial charge < -0.3 is 9.15 Å². The molecular formula is C13H11N5O5S. The van der Waals surface area contributed by atoms with Gasteiger partial charge in [-0.1, -0.05) is 0 Å². The molecule has 3 rings (SSSR count). The summed E-state index contributed by atoms with van der Waals surface area (Å²) < 4.78 is 37.7. The maximum atomic E-state index is 12.2. The first kappa shape index (κ1) is 15.7. The van der Waals surface area contributed by atoms with E-state index in [-0.39, 0.29) is 5.76 Å². The van der Waals surface area contributed by atoms with Gasteiger partial charge in [0.15, 0.2) is 0 Å². The summed E-state index contributed by atoms with van der Waals surface area (Å²) in [5.41, 5.74) is 0.969. The molecule has 0 aliphatic carbocycles. The summed E-state index contributed by atoms with van der Waals surface area (Å²) in [6.45, 7) is 0. The van der Waals surface area contributed by atoms with Crippen molar-refractivity contribution in [2.24, 2.45) is 0 Å². The summed E-state index contributed by atoms with van der Waals surface area (Å²) in [6.07, 6.45) is 1.41. The number of rotatable bonds is 5. The van der Waals surface area contributed by atoms with Crippen LogP contribution in [0.15, 0.2) is 52.2 Å². The van der Waals surface area contributed by atoms with Crippen molar-refractivity contribution in [3.63, 3.8) is 0 Å². The molecule has 0 aliphatic heterocycles. The number of carbonyl (C=O) groups is 1. The van der Waals surface area contributed by atoms with Gasteiger partial charge in [0.2, 0.25) is 10.9 Å². The average Bonchev–Trinajstić information content (AvgIpc) is 3.26. The number of esters is 1. The van der Waals surface area contributed by atoms with Crippen LogP contribution in [0.25, 0.3) is 5.69 Å². The molecule has 2 heterocycles. The van der Waals surface area contributed by atoms with Gasteiger partial charge in [-0.2, -0.15) is 8.42 Å². The van der Waals surface area contributed by atoms with Gasteiger partial charge in [-0.15, -0.1) is 5.10 Å². The molecule has 0 amide bonds. The summed E-state index contributed by atoms with van der Waals surface area (Å²) in [5, 5.41) is 10.4. The highest BCUT2D eigenvalue weighted by atomic mass is 32.2. The van der Waals surface area contributed by atoms with Crippen LogP contribution in [0.2, 0.25) is 0 Å². The summed E-state index contributed by atoms with van der Waals surface area (Å²) in [5.74, 6) is -0.964. The molecular weight excluding hydrogens is 338 g/mol. The van der Waals surface area contributed by atoms with Crippen LogP contribution < -0.4 is 4.72 Å². The number of benzene rings is 1. The molecule has 3 aromatic rings. The highest BCUT2D eigenvalue weighted by Gasteiger charge is 2.21. The number of methoxy groups -OCH3 is 1. The van der Waals surface area contributed by atoms with E-state index in [1.807, 2.05) is 0 Å². The molecule has 0 fully saturated rings. The Labute approximate surface area is 136 Å². The predicted octanol–water partition coefficient (Wildman–Crippen LogP) is 0.843. The number of tetrazole rings is 1. The maximum Gasteiger partial charge on any atom is 0.374 e. The molecule has 0 saturated carbocycles. The van der Waals surface area contributed by atoms with Gasteiger partial charge in [0.1, 0.15) is 6.33 Å². The van der Waals surface area contributed by atoms with E-state index >= 15 is 0 Å². The van der Waals surface area contributed by atoms with Crippen molar-refractivity contribution < 1.29 is 22.4 Å². The molecule has 0 unspecified atom stereocenters. The lowest BCUT2D eigenvalue weighted by atomic mass is 10.3. The van der Waals surface area contributed by atoms with Crippen LogP contribution in [-0.4, -0.2) is 41.7 Å². The van der Waals surface area contributed by atoms with Crippen molar-refractivity contribution in [3.05, 3.63) is 48.5 Å². The topological polar surface area (TPSA) is 129 Å². The highest BCUT2D eigenvalue weighted by molar-refractivity contribution is 7.92. The Kier molecular flexibility index (Phi) is 4.00. The number of hydrogen-bond acceptors (Lipinski definition) is 8. The number of hydrogen-bond donors (Lipinski definition) is 1. The molecule has 0 bridgehead atoms. The Morgan fingerprint density at radius 2 is 1.96 bits per heavy atom. The van der Waals surface area contributed by atoms with Gasteiger partial charge in [-0.25, -0.2) is 9.48 Å². The summed E-state index contributed by atoms with van der Waals surface area (Å²) in [4.78, 5) is 11.3. The third kappa shape index (κ3) is 3.10. The minimum absolute atomic E-state index is 0.202. The number of sulfonamides is 1. The standard InChI is InChI=1S/C13H11N5O5S/c1-22-13(19)11-6-7-12(23-11)24(20,21)15-9-2-4-10(5-3-9)18-8-14-16-17-18/h2-8,15H,1H3. The predicted molar refractivity (Wildman–Crippen MR) is 80.0 cm³/mol. The Hall–Kier alpha value is -3.21. The molecule has 1 aromatic carbocycles. The maximum absolute atomic E-state index is 12.2. The Bertz CT molecular complexity index is 947. The quantitative estimate of drug-likeness (QED) is 0.671. The summed E-state index contributed by atoms with van der Waals surface area (Å²) in [6, 6.07) is 8.75. The number of nitrogens with zero attached hydrogens (tertiary/aromatic N) is 4.